The molecule has 2 saturated carbocycles. The summed E-state index contributed by atoms with van der Waals surface area (Å²) in [7, 11) is 1.45. The molecule has 2 aliphatic carbocycles. The Bertz CT molecular complexity index is 1480. The third kappa shape index (κ3) is 4.92. The van der Waals surface area contributed by atoms with E-state index in [1.54, 1.807) is 6.20 Å². The number of ether oxygens (including phenoxy) is 2. The number of anilines is 1. The van der Waals surface area contributed by atoms with Gasteiger partial charge < -0.3 is 9.47 Å². The summed E-state index contributed by atoms with van der Waals surface area (Å²) in [6.45, 7) is 1.86. The molecule has 1 amide bonds. The van der Waals surface area contributed by atoms with E-state index < -0.39 is 11.5 Å². The van der Waals surface area contributed by atoms with Crippen molar-refractivity contribution in [2.75, 3.05) is 12.4 Å². The maximum absolute atomic E-state index is 12.9. The molecule has 0 bridgehead atoms. The molecule has 3 aromatic carbocycles. The fourth-order valence-corrected chi connectivity index (χ4v) is 5.13. The third-order valence-electron chi connectivity index (χ3n) is 7.75. The van der Waals surface area contributed by atoms with E-state index in [2.05, 4.69) is 34.7 Å². The van der Waals surface area contributed by atoms with Gasteiger partial charge in [-0.1, -0.05) is 78.9 Å². The van der Waals surface area contributed by atoms with Crippen molar-refractivity contribution in [2.24, 2.45) is 0 Å². The van der Waals surface area contributed by atoms with Gasteiger partial charge in [0.25, 0.3) is 0 Å². The molecule has 7 nitrogen and oxygen atoms in total. The number of benzene rings is 3. The van der Waals surface area contributed by atoms with Crippen molar-refractivity contribution in [3.05, 3.63) is 96.2 Å². The van der Waals surface area contributed by atoms with Crippen molar-refractivity contribution in [1.82, 2.24) is 9.78 Å². The number of rotatable bonds is 8. The number of amides is 1. The highest BCUT2D eigenvalue weighted by molar-refractivity contribution is 5.90. The zero-order valence-corrected chi connectivity index (χ0v) is 22.1. The summed E-state index contributed by atoms with van der Waals surface area (Å²) < 4.78 is 12.6. The number of esters is 1. The Balaban J connectivity index is 1.20. The second kappa shape index (κ2) is 10.1. The van der Waals surface area contributed by atoms with Gasteiger partial charge in [-0.2, -0.15) is 5.10 Å². The summed E-state index contributed by atoms with van der Waals surface area (Å²) in [5, 5.41) is 7.56. The summed E-state index contributed by atoms with van der Waals surface area (Å²) in [6, 6.07) is 26.3. The first-order valence-electron chi connectivity index (χ1n) is 13.4. The minimum Gasteiger partial charge on any atom is -0.468 e. The van der Waals surface area contributed by atoms with E-state index >= 15 is 0 Å². The number of aromatic nitrogens is 2. The molecule has 2 fully saturated rings. The minimum absolute atomic E-state index is 0.158. The van der Waals surface area contributed by atoms with Crippen LogP contribution in [-0.4, -0.2) is 29.0 Å². The monoisotopic (exact) mass is 521 g/mol. The predicted molar refractivity (Wildman–Crippen MR) is 149 cm³/mol. The van der Waals surface area contributed by atoms with Gasteiger partial charge in [0.2, 0.25) is 0 Å². The first-order valence-corrected chi connectivity index (χ1v) is 13.4. The smallest absolute Gasteiger partial charge is 0.413 e. The van der Waals surface area contributed by atoms with Crippen LogP contribution in [0, 0.1) is 0 Å². The first kappa shape index (κ1) is 24.9. The molecule has 2 aliphatic rings. The molecule has 0 spiro atoms. The molecule has 198 valence electrons. The van der Waals surface area contributed by atoms with E-state index in [0.717, 1.165) is 59.1 Å². The number of carbonyl (C=O) groups excluding carboxylic acids is 2. The molecule has 1 atom stereocenters. The zero-order valence-electron chi connectivity index (χ0n) is 22.1. The highest BCUT2D eigenvalue weighted by Crippen LogP contribution is 2.49. The van der Waals surface area contributed by atoms with E-state index in [-0.39, 0.29) is 18.1 Å². The second-order valence-corrected chi connectivity index (χ2v) is 10.4. The lowest BCUT2D eigenvalue weighted by Gasteiger charge is -2.16. The van der Waals surface area contributed by atoms with Crippen molar-refractivity contribution >= 4 is 17.9 Å². The van der Waals surface area contributed by atoms with Gasteiger partial charge >= 0.3 is 12.1 Å². The largest absolute Gasteiger partial charge is 0.468 e. The van der Waals surface area contributed by atoms with Gasteiger partial charge in [0.1, 0.15) is 11.9 Å². The first-order chi connectivity index (χ1) is 19.0. The lowest BCUT2D eigenvalue weighted by Crippen LogP contribution is -2.21. The molecule has 1 unspecified atom stereocenters. The summed E-state index contributed by atoms with van der Waals surface area (Å²) in [6.07, 6.45) is 4.66. The maximum atomic E-state index is 12.9. The van der Waals surface area contributed by atoms with E-state index in [9.17, 15) is 9.59 Å². The van der Waals surface area contributed by atoms with Crippen LogP contribution in [0.4, 0.5) is 10.6 Å². The Morgan fingerprint density at radius 1 is 0.923 bits per heavy atom. The van der Waals surface area contributed by atoms with Gasteiger partial charge in [0.05, 0.1) is 24.8 Å². The van der Waals surface area contributed by atoms with Crippen LogP contribution in [0.5, 0.6) is 0 Å². The lowest BCUT2D eigenvalue weighted by molar-refractivity contribution is -0.143. The predicted octanol–water partition coefficient (Wildman–Crippen LogP) is 7.07. The van der Waals surface area contributed by atoms with Crippen LogP contribution in [0.15, 0.2) is 85.1 Å². The Hall–Kier alpha value is -4.39. The van der Waals surface area contributed by atoms with Gasteiger partial charge in [0, 0.05) is 5.56 Å². The van der Waals surface area contributed by atoms with Gasteiger partial charge in [-0.05, 0) is 60.4 Å². The number of hydrogen-bond donors (Lipinski definition) is 1. The van der Waals surface area contributed by atoms with Crippen LogP contribution in [-0.2, 0) is 19.7 Å². The van der Waals surface area contributed by atoms with Gasteiger partial charge in [-0.25, -0.2) is 9.48 Å². The molecule has 1 N–H and O–H groups in total. The van der Waals surface area contributed by atoms with Crippen molar-refractivity contribution in [3.63, 3.8) is 0 Å². The average Bonchev–Trinajstić information content (AvgIpc) is 3.92. The number of nitrogens with one attached hydrogen (secondary N) is 1. The Labute approximate surface area is 227 Å². The fourth-order valence-electron chi connectivity index (χ4n) is 5.13. The topological polar surface area (TPSA) is 82.5 Å². The molecule has 1 aromatic heterocycles. The van der Waals surface area contributed by atoms with E-state index in [4.69, 9.17) is 9.47 Å². The quantitative estimate of drug-likeness (QED) is 0.251. The Morgan fingerprint density at radius 2 is 1.54 bits per heavy atom. The van der Waals surface area contributed by atoms with E-state index in [1.165, 1.54) is 7.11 Å². The second-order valence-electron chi connectivity index (χ2n) is 10.4. The van der Waals surface area contributed by atoms with Crippen LogP contribution in [0.3, 0.4) is 0 Å². The van der Waals surface area contributed by atoms with Crippen molar-refractivity contribution in [3.8, 4) is 22.3 Å². The molecule has 4 aromatic rings. The van der Waals surface area contributed by atoms with Crippen LogP contribution >= 0.6 is 0 Å². The molecule has 39 heavy (non-hydrogen) atoms. The summed E-state index contributed by atoms with van der Waals surface area (Å²) >= 11 is 0. The molecular weight excluding hydrogens is 490 g/mol. The van der Waals surface area contributed by atoms with Crippen LogP contribution in [0.2, 0.25) is 0 Å². The Morgan fingerprint density at radius 3 is 2.13 bits per heavy atom. The average molecular weight is 522 g/mol. The number of carbonyl (C=O) groups is 2. The van der Waals surface area contributed by atoms with Crippen molar-refractivity contribution in [2.45, 2.75) is 50.2 Å². The molecule has 1 heterocycles. The lowest BCUT2D eigenvalue weighted by atomic mass is 9.93. The number of hydrogen-bond acceptors (Lipinski definition) is 5. The van der Waals surface area contributed by atoms with Crippen molar-refractivity contribution < 1.29 is 19.1 Å². The SMILES string of the molecule is COC(=O)C1(c2ccc(-c3ccc(-c4cnn(C5CC5)c4NC(=O)OC(C)c4ccccc4)cc3)cc2)CC1. The molecule has 7 heteroatoms. The van der Waals surface area contributed by atoms with Crippen LogP contribution in [0.1, 0.15) is 55.9 Å². The van der Waals surface area contributed by atoms with Crippen LogP contribution < -0.4 is 5.32 Å². The molecule has 0 saturated heterocycles. The van der Waals surface area contributed by atoms with Crippen LogP contribution in [0.25, 0.3) is 22.3 Å². The number of methoxy groups -OCH3 is 1. The highest BCUT2D eigenvalue weighted by atomic mass is 16.6. The standard InChI is InChI=1S/C32H31N3O4/c1-21(22-6-4-3-5-7-22)39-31(37)34-29-28(20-33-35(29)27-16-17-27)25-10-8-23(9-11-25)24-12-14-26(15-13-24)32(18-19-32)30(36)38-2/h3-15,20-21,27H,16-19H2,1-2H3,(H,34,37). The summed E-state index contributed by atoms with van der Waals surface area (Å²) in [5.41, 5.74) is 5.40. The third-order valence-corrected chi connectivity index (χ3v) is 7.75. The molecular formula is C32H31N3O4. The van der Waals surface area contributed by atoms with E-state index in [0.29, 0.717) is 5.82 Å². The van der Waals surface area contributed by atoms with Gasteiger partial charge in [0.15, 0.2) is 0 Å². The molecule has 6 rings (SSSR count). The highest BCUT2D eigenvalue weighted by Gasteiger charge is 2.52. The number of nitrogens with zero attached hydrogens (tertiary/aromatic N) is 2. The van der Waals surface area contributed by atoms with E-state index in [1.807, 2.05) is 66.2 Å². The fraction of sp³-hybridized carbons (Fsp3) is 0.281. The minimum atomic E-state index is -0.507. The summed E-state index contributed by atoms with van der Waals surface area (Å²) in [4.78, 5) is 25.1. The normalized spacial score (nSPS) is 16.3. The Kier molecular flexibility index (Phi) is 6.43. The summed E-state index contributed by atoms with van der Waals surface area (Å²) in [5.74, 6) is 0.492. The van der Waals surface area contributed by atoms with Gasteiger partial charge in [-0.3, -0.25) is 10.1 Å². The maximum Gasteiger partial charge on any atom is 0.413 e. The zero-order chi connectivity index (χ0) is 27.0. The molecule has 0 radical (unpaired) electrons. The van der Waals surface area contributed by atoms with Gasteiger partial charge in [-0.15, -0.1) is 0 Å². The molecule has 0 aliphatic heterocycles. The van der Waals surface area contributed by atoms with Crippen molar-refractivity contribution in [1.29, 1.82) is 0 Å².